The van der Waals surface area contributed by atoms with Crippen molar-refractivity contribution in [2.24, 2.45) is 5.73 Å². The molecule has 1 heterocycles. The van der Waals surface area contributed by atoms with Crippen molar-refractivity contribution in [1.29, 1.82) is 0 Å². The van der Waals surface area contributed by atoms with E-state index in [4.69, 9.17) is 10.5 Å². The van der Waals surface area contributed by atoms with Crippen LogP contribution in [-0.2, 0) is 4.74 Å². The highest BCUT2D eigenvalue weighted by atomic mass is 32.1. The van der Waals surface area contributed by atoms with Crippen LogP contribution < -0.4 is 5.73 Å². The van der Waals surface area contributed by atoms with Gasteiger partial charge in [-0.25, -0.2) is 0 Å². The maximum atomic E-state index is 5.63. The molecule has 2 nitrogen and oxygen atoms in total. The van der Waals surface area contributed by atoms with Crippen molar-refractivity contribution in [3.05, 3.63) is 22.4 Å². The van der Waals surface area contributed by atoms with Gasteiger partial charge in [0.15, 0.2) is 0 Å². The predicted octanol–water partition coefficient (Wildman–Crippen LogP) is 2.17. The molecule has 0 aliphatic heterocycles. The van der Waals surface area contributed by atoms with Gasteiger partial charge in [0.2, 0.25) is 0 Å². The molecule has 1 atom stereocenters. The molecule has 0 radical (unpaired) electrons. The molecular weight excluding hydrogens is 170 g/mol. The quantitative estimate of drug-likeness (QED) is 0.780. The summed E-state index contributed by atoms with van der Waals surface area (Å²) in [7, 11) is 0. The van der Waals surface area contributed by atoms with Crippen molar-refractivity contribution < 1.29 is 4.74 Å². The SMILES string of the molecule is CC(C)OC(CN)c1cccs1. The molecule has 1 rings (SSSR count). The van der Waals surface area contributed by atoms with Crippen LogP contribution in [0.4, 0.5) is 0 Å². The lowest BCUT2D eigenvalue weighted by Gasteiger charge is -2.16. The highest BCUT2D eigenvalue weighted by Crippen LogP contribution is 2.22. The standard InChI is InChI=1S/C9H15NOS/c1-7(2)11-8(6-10)9-4-3-5-12-9/h3-5,7-8H,6,10H2,1-2H3. The number of hydrogen-bond acceptors (Lipinski definition) is 3. The van der Waals surface area contributed by atoms with Crippen LogP contribution in [0, 0.1) is 0 Å². The van der Waals surface area contributed by atoms with E-state index in [2.05, 4.69) is 6.07 Å². The molecule has 0 saturated carbocycles. The second-order valence-corrected chi connectivity index (χ2v) is 3.90. The lowest BCUT2D eigenvalue weighted by molar-refractivity contribution is 0.0140. The fourth-order valence-corrected chi connectivity index (χ4v) is 1.82. The zero-order chi connectivity index (χ0) is 8.97. The average molecular weight is 185 g/mol. The molecule has 1 unspecified atom stereocenters. The van der Waals surface area contributed by atoms with Gasteiger partial charge < -0.3 is 10.5 Å². The fraction of sp³-hybridized carbons (Fsp3) is 0.556. The van der Waals surface area contributed by atoms with Gasteiger partial charge in [-0.2, -0.15) is 0 Å². The van der Waals surface area contributed by atoms with Crippen molar-refractivity contribution in [3.8, 4) is 0 Å². The predicted molar refractivity (Wildman–Crippen MR) is 52.3 cm³/mol. The maximum Gasteiger partial charge on any atom is 0.104 e. The van der Waals surface area contributed by atoms with Gasteiger partial charge in [0, 0.05) is 11.4 Å². The normalized spacial score (nSPS) is 13.7. The fourth-order valence-electron chi connectivity index (χ4n) is 1.04. The minimum absolute atomic E-state index is 0.0741. The minimum atomic E-state index is 0.0741. The molecule has 0 aromatic carbocycles. The zero-order valence-corrected chi connectivity index (χ0v) is 8.30. The molecule has 0 bridgehead atoms. The Kier molecular flexibility index (Phi) is 3.72. The van der Waals surface area contributed by atoms with Crippen LogP contribution in [-0.4, -0.2) is 12.6 Å². The summed E-state index contributed by atoms with van der Waals surface area (Å²) in [5.41, 5.74) is 5.59. The molecule has 0 aliphatic rings. The smallest absolute Gasteiger partial charge is 0.104 e. The van der Waals surface area contributed by atoms with Gasteiger partial charge in [-0.05, 0) is 25.3 Å². The first-order valence-electron chi connectivity index (χ1n) is 4.13. The highest BCUT2D eigenvalue weighted by molar-refractivity contribution is 7.10. The van der Waals surface area contributed by atoms with Crippen LogP contribution in [0.5, 0.6) is 0 Å². The second-order valence-electron chi connectivity index (χ2n) is 2.92. The Balaban J connectivity index is 2.57. The van der Waals surface area contributed by atoms with E-state index in [9.17, 15) is 0 Å². The number of hydrogen-bond donors (Lipinski definition) is 1. The Morgan fingerprint density at radius 3 is 2.75 bits per heavy atom. The molecule has 0 saturated heterocycles. The third-order valence-electron chi connectivity index (χ3n) is 1.51. The summed E-state index contributed by atoms with van der Waals surface area (Å²) in [6.07, 6.45) is 0.311. The number of rotatable bonds is 4. The molecule has 68 valence electrons. The third-order valence-corrected chi connectivity index (χ3v) is 2.48. The van der Waals surface area contributed by atoms with Crippen LogP contribution in [0.2, 0.25) is 0 Å². The molecule has 2 N–H and O–H groups in total. The van der Waals surface area contributed by atoms with Crippen molar-refractivity contribution in [1.82, 2.24) is 0 Å². The van der Waals surface area contributed by atoms with E-state index in [0.29, 0.717) is 6.54 Å². The van der Waals surface area contributed by atoms with E-state index in [1.165, 1.54) is 4.88 Å². The summed E-state index contributed by atoms with van der Waals surface area (Å²) in [5.74, 6) is 0. The van der Waals surface area contributed by atoms with E-state index < -0.39 is 0 Å². The molecule has 0 amide bonds. The maximum absolute atomic E-state index is 5.63. The Morgan fingerprint density at radius 2 is 2.33 bits per heavy atom. The minimum Gasteiger partial charge on any atom is -0.369 e. The Hall–Kier alpha value is -0.380. The van der Waals surface area contributed by atoms with Gasteiger partial charge in [-0.1, -0.05) is 6.07 Å². The first-order valence-corrected chi connectivity index (χ1v) is 5.01. The number of ether oxygens (including phenoxy) is 1. The lowest BCUT2D eigenvalue weighted by Crippen LogP contribution is -2.18. The van der Waals surface area contributed by atoms with Gasteiger partial charge in [0.25, 0.3) is 0 Å². The van der Waals surface area contributed by atoms with Crippen LogP contribution in [0.25, 0.3) is 0 Å². The molecule has 1 aromatic heterocycles. The number of nitrogens with two attached hydrogens (primary N) is 1. The van der Waals surface area contributed by atoms with Gasteiger partial charge >= 0.3 is 0 Å². The summed E-state index contributed by atoms with van der Waals surface area (Å²) in [6, 6.07) is 4.08. The summed E-state index contributed by atoms with van der Waals surface area (Å²) in [5, 5.41) is 2.04. The summed E-state index contributed by atoms with van der Waals surface area (Å²) in [6.45, 7) is 4.60. The van der Waals surface area contributed by atoms with Gasteiger partial charge in [0.05, 0.1) is 6.10 Å². The zero-order valence-electron chi connectivity index (χ0n) is 7.49. The summed E-state index contributed by atoms with van der Waals surface area (Å²) < 4.78 is 5.63. The van der Waals surface area contributed by atoms with Crippen LogP contribution in [0.15, 0.2) is 17.5 Å². The van der Waals surface area contributed by atoms with Crippen molar-refractivity contribution in [2.75, 3.05) is 6.54 Å². The Labute approximate surface area is 77.3 Å². The topological polar surface area (TPSA) is 35.2 Å². The largest absolute Gasteiger partial charge is 0.369 e. The van der Waals surface area contributed by atoms with E-state index >= 15 is 0 Å². The van der Waals surface area contributed by atoms with Gasteiger partial charge in [-0.3, -0.25) is 0 Å². The van der Waals surface area contributed by atoms with Crippen LogP contribution in [0.1, 0.15) is 24.8 Å². The van der Waals surface area contributed by atoms with Crippen LogP contribution in [0.3, 0.4) is 0 Å². The third kappa shape index (κ3) is 2.59. The van der Waals surface area contributed by atoms with Crippen molar-refractivity contribution in [2.45, 2.75) is 26.1 Å². The van der Waals surface area contributed by atoms with Crippen molar-refractivity contribution in [3.63, 3.8) is 0 Å². The molecule has 0 spiro atoms. The molecule has 0 fully saturated rings. The first-order chi connectivity index (χ1) is 5.74. The summed E-state index contributed by atoms with van der Waals surface area (Å²) in [4.78, 5) is 1.21. The Morgan fingerprint density at radius 1 is 1.58 bits per heavy atom. The average Bonchev–Trinajstić information content (AvgIpc) is 2.51. The van der Waals surface area contributed by atoms with E-state index in [1.54, 1.807) is 11.3 Å². The molecule has 12 heavy (non-hydrogen) atoms. The van der Waals surface area contributed by atoms with E-state index in [-0.39, 0.29) is 12.2 Å². The second kappa shape index (κ2) is 4.60. The van der Waals surface area contributed by atoms with Gasteiger partial charge in [-0.15, -0.1) is 11.3 Å². The highest BCUT2D eigenvalue weighted by Gasteiger charge is 2.11. The first kappa shape index (κ1) is 9.71. The van der Waals surface area contributed by atoms with Crippen molar-refractivity contribution >= 4 is 11.3 Å². The lowest BCUT2D eigenvalue weighted by atomic mass is 10.3. The monoisotopic (exact) mass is 185 g/mol. The molecule has 3 heteroatoms. The van der Waals surface area contributed by atoms with Gasteiger partial charge in [0.1, 0.15) is 6.10 Å². The summed E-state index contributed by atoms with van der Waals surface area (Å²) >= 11 is 1.69. The Bertz CT molecular complexity index is 208. The number of thiophene rings is 1. The van der Waals surface area contributed by atoms with E-state index in [0.717, 1.165) is 0 Å². The molecule has 1 aromatic rings. The molecule has 0 aliphatic carbocycles. The van der Waals surface area contributed by atoms with E-state index in [1.807, 2.05) is 25.3 Å². The molecular formula is C9H15NOS. The van der Waals surface area contributed by atoms with Crippen LogP contribution >= 0.6 is 11.3 Å².